The van der Waals surface area contributed by atoms with Crippen LogP contribution < -0.4 is 4.72 Å². The monoisotopic (exact) mass is 330 g/mol. The molecule has 0 unspecified atom stereocenters. The fourth-order valence-corrected chi connectivity index (χ4v) is 2.84. The number of carboxylic acid groups (broad SMARTS) is 1. The van der Waals surface area contributed by atoms with Gasteiger partial charge in [0.15, 0.2) is 0 Å². The van der Waals surface area contributed by atoms with Gasteiger partial charge in [-0.15, -0.1) is 0 Å². The van der Waals surface area contributed by atoms with Gasteiger partial charge in [-0.1, -0.05) is 13.8 Å². The van der Waals surface area contributed by atoms with Crippen LogP contribution in [0.5, 0.6) is 0 Å². The lowest BCUT2D eigenvalue weighted by Gasteiger charge is -2.16. The van der Waals surface area contributed by atoms with Gasteiger partial charge in [0.05, 0.1) is 7.11 Å². The lowest BCUT2D eigenvalue weighted by atomic mass is 10.1. The second-order valence-electron chi connectivity index (χ2n) is 5.01. The molecular formula is C13H18N2O6S. The molecule has 0 amide bonds. The van der Waals surface area contributed by atoms with Crippen molar-refractivity contribution in [2.75, 3.05) is 7.11 Å². The maximum Gasteiger partial charge on any atom is 0.356 e. The Morgan fingerprint density at radius 3 is 2.41 bits per heavy atom. The molecule has 0 fully saturated rings. The van der Waals surface area contributed by atoms with Gasteiger partial charge in [-0.25, -0.2) is 18.2 Å². The Kier molecular flexibility index (Phi) is 6.01. The molecule has 0 spiro atoms. The number of hydrogen-bond donors (Lipinski definition) is 2. The number of carbonyl (C=O) groups is 2. The average Bonchev–Trinajstić information content (AvgIpc) is 2.45. The van der Waals surface area contributed by atoms with Crippen molar-refractivity contribution in [1.29, 1.82) is 0 Å². The number of ether oxygens (including phenoxy) is 1. The van der Waals surface area contributed by atoms with Gasteiger partial charge in [-0.3, -0.25) is 4.79 Å². The Morgan fingerprint density at radius 1 is 1.36 bits per heavy atom. The van der Waals surface area contributed by atoms with E-state index in [9.17, 15) is 18.0 Å². The summed E-state index contributed by atoms with van der Waals surface area (Å²) in [5.74, 6) is -1.94. The number of pyridine rings is 1. The number of rotatable bonds is 7. The summed E-state index contributed by atoms with van der Waals surface area (Å²) in [5.41, 5.74) is -0.0431. The van der Waals surface area contributed by atoms with Crippen molar-refractivity contribution in [1.82, 2.24) is 9.71 Å². The molecule has 0 saturated carbocycles. The number of hydrogen-bond acceptors (Lipinski definition) is 6. The molecule has 22 heavy (non-hydrogen) atoms. The van der Waals surface area contributed by atoms with Crippen LogP contribution in [0.3, 0.4) is 0 Å². The van der Waals surface area contributed by atoms with E-state index in [-0.39, 0.29) is 22.9 Å². The fourth-order valence-electron chi connectivity index (χ4n) is 1.69. The van der Waals surface area contributed by atoms with E-state index >= 15 is 0 Å². The zero-order chi connectivity index (χ0) is 16.9. The summed E-state index contributed by atoms with van der Waals surface area (Å²) in [6, 6.07) is 1.12. The van der Waals surface area contributed by atoms with Gasteiger partial charge < -0.3 is 9.84 Å². The van der Waals surface area contributed by atoms with E-state index in [1.54, 1.807) is 13.8 Å². The topological polar surface area (TPSA) is 123 Å². The number of nitrogens with zero attached hydrogens (tertiary/aromatic N) is 1. The van der Waals surface area contributed by atoms with Crippen molar-refractivity contribution >= 4 is 22.0 Å². The van der Waals surface area contributed by atoms with Gasteiger partial charge in [-0.05, 0) is 24.5 Å². The normalized spacial score (nSPS) is 12.9. The fraction of sp³-hybridized carbons (Fsp3) is 0.462. The first-order valence-corrected chi connectivity index (χ1v) is 7.95. The van der Waals surface area contributed by atoms with E-state index in [2.05, 4.69) is 14.4 Å². The number of aromatic nitrogens is 1. The van der Waals surface area contributed by atoms with Crippen LogP contribution in [0.4, 0.5) is 0 Å². The number of nitrogens with one attached hydrogen (secondary N) is 1. The minimum atomic E-state index is -4.04. The first kappa shape index (κ1) is 18.1. The second-order valence-corrected chi connectivity index (χ2v) is 6.73. The van der Waals surface area contributed by atoms with Crippen LogP contribution in [-0.4, -0.2) is 43.6 Å². The SMILES string of the molecule is COC(=O)c1ccc(S(=O)(=O)N[C@H](CC(C)C)C(=O)O)cn1. The van der Waals surface area contributed by atoms with Crippen LogP contribution in [0, 0.1) is 5.92 Å². The third kappa shape index (κ3) is 4.78. The first-order valence-electron chi connectivity index (χ1n) is 6.47. The van der Waals surface area contributed by atoms with Crippen LogP contribution >= 0.6 is 0 Å². The van der Waals surface area contributed by atoms with Gasteiger partial charge >= 0.3 is 11.9 Å². The highest BCUT2D eigenvalue weighted by molar-refractivity contribution is 7.89. The highest BCUT2D eigenvalue weighted by Gasteiger charge is 2.26. The largest absolute Gasteiger partial charge is 0.480 e. The van der Waals surface area contributed by atoms with E-state index in [1.807, 2.05) is 0 Å². The Bertz CT molecular complexity index is 639. The zero-order valence-corrected chi connectivity index (χ0v) is 13.3. The molecule has 1 aromatic heterocycles. The molecular weight excluding hydrogens is 312 g/mol. The Balaban J connectivity index is 2.98. The quantitative estimate of drug-likeness (QED) is 0.703. The Hall–Kier alpha value is -2.00. The summed E-state index contributed by atoms with van der Waals surface area (Å²) in [4.78, 5) is 25.8. The molecule has 1 atom stereocenters. The number of carboxylic acids is 1. The highest BCUT2D eigenvalue weighted by Crippen LogP contribution is 2.12. The molecule has 1 aromatic rings. The Labute approximate surface area is 128 Å². The van der Waals surface area contributed by atoms with Crippen LogP contribution in [-0.2, 0) is 19.6 Å². The van der Waals surface area contributed by atoms with Crippen LogP contribution in [0.1, 0.15) is 30.8 Å². The number of aliphatic carboxylic acids is 1. The lowest BCUT2D eigenvalue weighted by molar-refractivity contribution is -0.139. The van der Waals surface area contributed by atoms with Gasteiger partial charge in [0.25, 0.3) is 0 Å². The maximum atomic E-state index is 12.1. The zero-order valence-electron chi connectivity index (χ0n) is 12.4. The minimum Gasteiger partial charge on any atom is -0.480 e. The van der Waals surface area contributed by atoms with Crippen LogP contribution in [0.25, 0.3) is 0 Å². The third-order valence-corrected chi connectivity index (χ3v) is 4.20. The van der Waals surface area contributed by atoms with E-state index in [0.29, 0.717) is 0 Å². The average molecular weight is 330 g/mol. The summed E-state index contributed by atoms with van der Waals surface area (Å²) in [5, 5.41) is 9.08. The number of sulfonamides is 1. The molecule has 0 bridgehead atoms. The molecule has 8 nitrogen and oxygen atoms in total. The summed E-state index contributed by atoms with van der Waals surface area (Å²) in [6.07, 6.45) is 1.13. The van der Waals surface area contributed by atoms with Crippen molar-refractivity contribution in [3.63, 3.8) is 0 Å². The molecule has 122 valence electrons. The first-order chi connectivity index (χ1) is 10.2. The molecule has 9 heteroatoms. The lowest BCUT2D eigenvalue weighted by Crippen LogP contribution is -2.41. The van der Waals surface area contributed by atoms with E-state index in [1.165, 1.54) is 13.2 Å². The van der Waals surface area contributed by atoms with Crippen LogP contribution in [0.2, 0.25) is 0 Å². The van der Waals surface area contributed by atoms with Crippen molar-refractivity contribution < 1.29 is 27.9 Å². The summed E-state index contributed by atoms with van der Waals surface area (Å²) >= 11 is 0. The van der Waals surface area contributed by atoms with E-state index < -0.39 is 28.0 Å². The summed E-state index contributed by atoms with van der Waals surface area (Å²) in [7, 11) is -2.86. The molecule has 0 aliphatic rings. The van der Waals surface area contributed by atoms with Crippen molar-refractivity contribution in [2.24, 2.45) is 5.92 Å². The second kappa shape index (κ2) is 7.32. The van der Waals surface area contributed by atoms with E-state index in [0.717, 1.165) is 12.3 Å². The Morgan fingerprint density at radius 2 is 2.00 bits per heavy atom. The van der Waals surface area contributed by atoms with Crippen LogP contribution in [0.15, 0.2) is 23.2 Å². The molecule has 0 aliphatic heterocycles. The molecule has 1 rings (SSSR count). The molecule has 0 saturated heterocycles. The van der Waals surface area contributed by atoms with Crippen molar-refractivity contribution in [3.8, 4) is 0 Å². The smallest absolute Gasteiger partial charge is 0.356 e. The van der Waals surface area contributed by atoms with Gasteiger partial charge in [-0.2, -0.15) is 4.72 Å². The standard InChI is InChI=1S/C13H18N2O6S/c1-8(2)6-11(12(16)17)15-22(19,20)9-4-5-10(14-7-9)13(18)21-3/h4-5,7-8,11,15H,6H2,1-3H3,(H,16,17)/t11-/m1/s1. The van der Waals surface area contributed by atoms with E-state index in [4.69, 9.17) is 5.11 Å². The number of methoxy groups -OCH3 is 1. The van der Waals surface area contributed by atoms with Gasteiger partial charge in [0.1, 0.15) is 16.6 Å². The summed E-state index contributed by atoms with van der Waals surface area (Å²) in [6.45, 7) is 3.58. The molecule has 0 radical (unpaired) electrons. The van der Waals surface area contributed by atoms with Gasteiger partial charge in [0.2, 0.25) is 10.0 Å². The third-order valence-electron chi connectivity index (χ3n) is 2.74. The maximum absolute atomic E-state index is 12.1. The minimum absolute atomic E-state index is 0.00336. The van der Waals surface area contributed by atoms with Crippen molar-refractivity contribution in [3.05, 3.63) is 24.0 Å². The number of esters is 1. The summed E-state index contributed by atoms with van der Waals surface area (Å²) < 4.78 is 30.9. The van der Waals surface area contributed by atoms with Crippen molar-refractivity contribution in [2.45, 2.75) is 31.2 Å². The molecule has 0 aromatic carbocycles. The predicted molar refractivity (Wildman–Crippen MR) is 76.8 cm³/mol. The van der Waals surface area contributed by atoms with Gasteiger partial charge in [0, 0.05) is 6.20 Å². The highest BCUT2D eigenvalue weighted by atomic mass is 32.2. The molecule has 1 heterocycles. The molecule has 2 N–H and O–H groups in total. The molecule has 0 aliphatic carbocycles. The number of carbonyl (C=O) groups excluding carboxylic acids is 1. The predicted octanol–water partition coefficient (Wildman–Crippen LogP) is 0.646.